The van der Waals surface area contributed by atoms with Gasteiger partial charge in [-0.1, -0.05) is 26.0 Å². The summed E-state index contributed by atoms with van der Waals surface area (Å²) in [5.74, 6) is 0.134. The highest BCUT2D eigenvalue weighted by Gasteiger charge is 2.21. The van der Waals surface area contributed by atoms with Crippen molar-refractivity contribution in [3.8, 4) is 0 Å². The number of aliphatic hydroxyl groups excluding tert-OH is 1. The monoisotopic (exact) mass is 283 g/mol. The third kappa shape index (κ3) is 6.46. The minimum Gasteiger partial charge on any atom is -0.389 e. The molecule has 2 N–H and O–H groups in total. The minimum atomic E-state index is -0.808. The second-order valence-electron chi connectivity index (χ2n) is 6.47. The van der Waals surface area contributed by atoms with E-state index in [1.54, 1.807) is 26.0 Å². The van der Waals surface area contributed by atoms with Gasteiger partial charge in [-0.2, -0.15) is 0 Å². The molecule has 4 heteroatoms. The molecule has 1 unspecified atom stereocenters. The molecule has 0 aromatic heterocycles. The molecule has 20 heavy (non-hydrogen) atoms. The maximum absolute atomic E-state index is 12.9. The van der Waals surface area contributed by atoms with Crippen molar-refractivity contribution in [1.29, 1.82) is 0 Å². The topological polar surface area (TPSA) is 43.7 Å². The molecule has 0 fully saturated rings. The number of hydrogen-bond donors (Lipinski definition) is 2. The average Bonchev–Trinajstić information content (AvgIpc) is 2.26. The van der Waals surface area contributed by atoms with E-state index in [-0.39, 0.29) is 5.82 Å². The Balaban J connectivity index is 2.70. The van der Waals surface area contributed by atoms with Crippen LogP contribution in [0.25, 0.3) is 0 Å². The molecule has 1 atom stereocenters. The van der Waals surface area contributed by atoms with Crippen molar-refractivity contribution in [3.05, 3.63) is 35.6 Å². The van der Waals surface area contributed by atoms with Gasteiger partial charge in [-0.25, -0.2) is 4.39 Å². The van der Waals surface area contributed by atoms with Gasteiger partial charge in [0.1, 0.15) is 5.82 Å². The first-order valence-electron chi connectivity index (χ1n) is 7.05. The van der Waals surface area contributed by atoms with Crippen LogP contribution in [0.1, 0.15) is 39.4 Å². The first-order valence-corrected chi connectivity index (χ1v) is 7.05. The summed E-state index contributed by atoms with van der Waals surface area (Å²) in [4.78, 5) is 2.04. The lowest BCUT2D eigenvalue weighted by molar-refractivity contribution is 0.0142. The SMILES string of the molecule is CC(C)CN(CC(O)c1ccc(F)cc1)CC(C)(C)O. The molecule has 1 aromatic rings. The highest BCUT2D eigenvalue weighted by Crippen LogP contribution is 2.17. The standard InChI is InChI=1S/C16H26FNO2/c1-12(2)9-18(11-16(3,4)20)10-15(19)13-5-7-14(17)8-6-13/h5-8,12,15,19-20H,9-11H2,1-4H3. The van der Waals surface area contributed by atoms with E-state index in [9.17, 15) is 14.6 Å². The van der Waals surface area contributed by atoms with Gasteiger partial charge in [0.05, 0.1) is 11.7 Å². The van der Waals surface area contributed by atoms with Crippen LogP contribution in [0.2, 0.25) is 0 Å². The summed E-state index contributed by atoms with van der Waals surface area (Å²) in [6.07, 6.45) is -0.684. The molecule has 0 aliphatic carbocycles. The average molecular weight is 283 g/mol. The van der Waals surface area contributed by atoms with Crippen LogP contribution < -0.4 is 0 Å². The maximum atomic E-state index is 12.9. The highest BCUT2D eigenvalue weighted by molar-refractivity contribution is 5.18. The second kappa shape index (κ2) is 7.16. The zero-order valence-corrected chi connectivity index (χ0v) is 12.8. The normalized spacial score (nSPS) is 14.1. The van der Waals surface area contributed by atoms with E-state index in [0.717, 1.165) is 6.54 Å². The molecule has 0 heterocycles. The summed E-state index contributed by atoms with van der Waals surface area (Å²) in [7, 11) is 0. The number of rotatable bonds is 7. The molecular weight excluding hydrogens is 257 g/mol. The van der Waals surface area contributed by atoms with Crippen LogP contribution in [-0.2, 0) is 0 Å². The predicted octanol–water partition coefficient (Wildman–Crippen LogP) is 2.59. The van der Waals surface area contributed by atoms with Gasteiger partial charge in [-0.3, -0.25) is 4.90 Å². The summed E-state index contributed by atoms with van der Waals surface area (Å²) in [5, 5.41) is 20.2. The Morgan fingerprint density at radius 3 is 2.15 bits per heavy atom. The van der Waals surface area contributed by atoms with Crippen molar-refractivity contribution in [2.24, 2.45) is 5.92 Å². The fraction of sp³-hybridized carbons (Fsp3) is 0.625. The van der Waals surface area contributed by atoms with E-state index < -0.39 is 11.7 Å². The van der Waals surface area contributed by atoms with Crippen LogP contribution in [0.15, 0.2) is 24.3 Å². The van der Waals surface area contributed by atoms with Gasteiger partial charge in [0, 0.05) is 19.6 Å². The fourth-order valence-electron chi connectivity index (χ4n) is 2.30. The van der Waals surface area contributed by atoms with E-state index >= 15 is 0 Å². The molecular formula is C16H26FNO2. The summed E-state index contributed by atoms with van der Waals surface area (Å²) < 4.78 is 12.9. The van der Waals surface area contributed by atoms with Crippen LogP contribution in [0.5, 0.6) is 0 Å². The molecule has 0 aliphatic rings. The number of benzene rings is 1. The van der Waals surface area contributed by atoms with Crippen molar-refractivity contribution < 1.29 is 14.6 Å². The molecule has 1 rings (SSSR count). The Morgan fingerprint density at radius 1 is 1.15 bits per heavy atom. The minimum absolute atomic E-state index is 0.309. The van der Waals surface area contributed by atoms with Gasteiger partial charge < -0.3 is 10.2 Å². The third-order valence-corrected chi connectivity index (χ3v) is 2.92. The molecule has 0 saturated heterocycles. The van der Waals surface area contributed by atoms with Crippen LogP contribution in [0, 0.1) is 11.7 Å². The zero-order chi connectivity index (χ0) is 15.3. The second-order valence-corrected chi connectivity index (χ2v) is 6.47. The Kier molecular flexibility index (Phi) is 6.11. The number of aliphatic hydroxyl groups is 2. The van der Waals surface area contributed by atoms with Crippen molar-refractivity contribution in [2.45, 2.75) is 39.4 Å². The van der Waals surface area contributed by atoms with E-state index in [4.69, 9.17) is 0 Å². The third-order valence-electron chi connectivity index (χ3n) is 2.92. The molecule has 0 amide bonds. The molecule has 1 aromatic carbocycles. The van der Waals surface area contributed by atoms with Crippen LogP contribution >= 0.6 is 0 Å². The van der Waals surface area contributed by atoms with Gasteiger partial charge in [-0.05, 0) is 37.5 Å². The molecule has 114 valence electrons. The predicted molar refractivity (Wildman–Crippen MR) is 78.9 cm³/mol. The molecule has 0 spiro atoms. The first-order chi connectivity index (χ1) is 9.17. The molecule has 0 bridgehead atoms. The van der Waals surface area contributed by atoms with Crippen molar-refractivity contribution in [3.63, 3.8) is 0 Å². The highest BCUT2D eigenvalue weighted by atomic mass is 19.1. The molecule has 0 saturated carbocycles. The summed E-state index contributed by atoms with van der Waals surface area (Å²) in [5.41, 5.74) is -0.117. The molecule has 3 nitrogen and oxygen atoms in total. The van der Waals surface area contributed by atoms with Crippen molar-refractivity contribution in [2.75, 3.05) is 19.6 Å². The van der Waals surface area contributed by atoms with Crippen molar-refractivity contribution >= 4 is 0 Å². The zero-order valence-electron chi connectivity index (χ0n) is 12.8. The smallest absolute Gasteiger partial charge is 0.123 e. The summed E-state index contributed by atoms with van der Waals surface area (Å²) in [6.45, 7) is 9.41. The van der Waals surface area contributed by atoms with E-state index in [0.29, 0.717) is 24.6 Å². The lowest BCUT2D eigenvalue weighted by Gasteiger charge is -2.31. The van der Waals surface area contributed by atoms with Crippen LogP contribution in [-0.4, -0.2) is 40.3 Å². The van der Waals surface area contributed by atoms with E-state index in [1.807, 2.05) is 4.90 Å². The van der Waals surface area contributed by atoms with Gasteiger partial charge >= 0.3 is 0 Å². The summed E-state index contributed by atoms with van der Waals surface area (Å²) in [6, 6.07) is 5.89. The van der Waals surface area contributed by atoms with E-state index in [2.05, 4.69) is 13.8 Å². The van der Waals surface area contributed by atoms with Gasteiger partial charge in [0.2, 0.25) is 0 Å². The first kappa shape index (κ1) is 17.1. The Hall–Kier alpha value is -0.970. The van der Waals surface area contributed by atoms with Crippen LogP contribution in [0.3, 0.4) is 0 Å². The van der Waals surface area contributed by atoms with E-state index in [1.165, 1.54) is 12.1 Å². The van der Waals surface area contributed by atoms with Gasteiger partial charge in [0.25, 0.3) is 0 Å². The van der Waals surface area contributed by atoms with Gasteiger partial charge in [0.15, 0.2) is 0 Å². The lowest BCUT2D eigenvalue weighted by Crippen LogP contribution is -2.42. The fourth-order valence-corrected chi connectivity index (χ4v) is 2.30. The van der Waals surface area contributed by atoms with Crippen molar-refractivity contribution in [1.82, 2.24) is 4.90 Å². The van der Waals surface area contributed by atoms with Gasteiger partial charge in [-0.15, -0.1) is 0 Å². The number of hydrogen-bond acceptors (Lipinski definition) is 3. The quantitative estimate of drug-likeness (QED) is 0.808. The largest absolute Gasteiger partial charge is 0.389 e. The number of nitrogens with zero attached hydrogens (tertiary/aromatic N) is 1. The van der Waals surface area contributed by atoms with Crippen LogP contribution in [0.4, 0.5) is 4.39 Å². The Labute approximate surface area is 121 Å². The molecule has 0 aliphatic heterocycles. The number of halogens is 1. The Bertz CT molecular complexity index is 398. The Morgan fingerprint density at radius 2 is 1.70 bits per heavy atom. The lowest BCUT2D eigenvalue weighted by atomic mass is 10.1. The summed E-state index contributed by atoms with van der Waals surface area (Å²) >= 11 is 0. The molecule has 0 radical (unpaired) electrons. The maximum Gasteiger partial charge on any atom is 0.123 e.